The van der Waals surface area contributed by atoms with Crippen LogP contribution in [0.4, 0.5) is 24.5 Å². The molecule has 2 rings (SSSR count). The highest BCUT2D eigenvalue weighted by Gasteiger charge is 2.21. The van der Waals surface area contributed by atoms with Crippen molar-refractivity contribution in [2.45, 2.75) is 20.3 Å². The molecule has 0 saturated heterocycles. The van der Waals surface area contributed by atoms with Crippen LogP contribution in [-0.2, 0) is 9.59 Å². The zero-order valence-corrected chi connectivity index (χ0v) is 13.8. The number of benzene rings is 2. The van der Waals surface area contributed by atoms with E-state index in [0.717, 1.165) is 29.5 Å². The van der Waals surface area contributed by atoms with Crippen molar-refractivity contribution < 1.29 is 22.8 Å². The minimum atomic E-state index is -1.66. The molecule has 0 aliphatic rings. The maximum atomic E-state index is 13.9. The fraction of sp³-hybridized carbons (Fsp3) is 0.222. The molecule has 0 fully saturated rings. The van der Waals surface area contributed by atoms with Crippen LogP contribution < -0.4 is 10.2 Å². The summed E-state index contributed by atoms with van der Waals surface area (Å²) in [6.07, 6.45) is -0.133. The van der Waals surface area contributed by atoms with Crippen LogP contribution in [0.25, 0.3) is 0 Å². The monoisotopic (exact) mass is 350 g/mol. The van der Waals surface area contributed by atoms with Crippen LogP contribution in [0.15, 0.2) is 36.4 Å². The Morgan fingerprint density at radius 3 is 2.36 bits per heavy atom. The molecule has 0 saturated carbocycles. The maximum Gasteiger partial charge on any atom is 0.226 e. The fourth-order valence-corrected chi connectivity index (χ4v) is 2.31. The topological polar surface area (TPSA) is 49.4 Å². The van der Waals surface area contributed by atoms with Crippen LogP contribution in [0.5, 0.6) is 0 Å². The molecule has 2 aromatic carbocycles. The van der Waals surface area contributed by atoms with Crippen molar-refractivity contribution in [3.63, 3.8) is 0 Å². The second kappa shape index (κ2) is 7.83. The number of para-hydroxylation sites is 1. The third-order valence-electron chi connectivity index (χ3n) is 3.67. The van der Waals surface area contributed by atoms with Gasteiger partial charge in [0.25, 0.3) is 0 Å². The summed E-state index contributed by atoms with van der Waals surface area (Å²) in [5.41, 5.74) is 1.09. The number of hydrogen-bond donors (Lipinski definition) is 1. The summed E-state index contributed by atoms with van der Waals surface area (Å²) in [6, 6.07) is 8.85. The Bertz CT molecular complexity index is 809. The number of amides is 2. The van der Waals surface area contributed by atoms with Crippen LogP contribution in [0, 0.1) is 24.4 Å². The van der Waals surface area contributed by atoms with Gasteiger partial charge in [0, 0.05) is 25.6 Å². The first-order valence-corrected chi connectivity index (χ1v) is 7.58. The molecule has 0 aromatic heterocycles. The maximum absolute atomic E-state index is 13.9. The Morgan fingerprint density at radius 1 is 1.04 bits per heavy atom. The lowest BCUT2D eigenvalue weighted by atomic mass is 10.2. The lowest BCUT2D eigenvalue weighted by Gasteiger charge is -2.22. The molecule has 25 heavy (non-hydrogen) atoms. The molecule has 0 spiro atoms. The van der Waals surface area contributed by atoms with E-state index in [1.165, 1.54) is 0 Å². The standard InChI is InChI=1S/C18H17F3N2O2/c1-11-5-3-4-6-14(11)22-16(25)9-10-23(12(2)24)15-8-7-13(19)17(20)18(15)21/h3-8H,9-10H2,1-2H3,(H,22,25). The predicted molar refractivity (Wildman–Crippen MR) is 88.8 cm³/mol. The Hall–Kier alpha value is -2.83. The number of rotatable bonds is 5. The summed E-state index contributed by atoms with van der Waals surface area (Å²) >= 11 is 0. The summed E-state index contributed by atoms with van der Waals surface area (Å²) < 4.78 is 40.3. The molecule has 0 unspecified atom stereocenters. The Balaban J connectivity index is 2.10. The van der Waals surface area contributed by atoms with Gasteiger partial charge in [-0.15, -0.1) is 0 Å². The zero-order valence-electron chi connectivity index (χ0n) is 13.8. The van der Waals surface area contributed by atoms with Crippen molar-refractivity contribution in [1.82, 2.24) is 0 Å². The minimum absolute atomic E-state index is 0.133. The van der Waals surface area contributed by atoms with Gasteiger partial charge in [-0.1, -0.05) is 18.2 Å². The van der Waals surface area contributed by atoms with Crippen LogP contribution in [0.2, 0.25) is 0 Å². The predicted octanol–water partition coefficient (Wildman–Crippen LogP) is 3.79. The summed E-state index contributed by atoms with van der Waals surface area (Å²) in [5.74, 6) is -5.44. The fourth-order valence-electron chi connectivity index (χ4n) is 2.31. The third kappa shape index (κ3) is 4.37. The smallest absolute Gasteiger partial charge is 0.226 e. The highest BCUT2D eigenvalue weighted by Crippen LogP contribution is 2.24. The zero-order chi connectivity index (χ0) is 18.6. The first kappa shape index (κ1) is 18.5. The van der Waals surface area contributed by atoms with E-state index in [-0.39, 0.29) is 18.9 Å². The first-order chi connectivity index (χ1) is 11.8. The van der Waals surface area contributed by atoms with E-state index in [0.29, 0.717) is 5.69 Å². The summed E-state index contributed by atoms with van der Waals surface area (Å²) in [4.78, 5) is 24.7. The molecule has 0 aliphatic carbocycles. The van der Waals surface area contributed by atoms with Gasteiger partial charge < -0.3 is 10.2 Å². The van der Waals surface area contributed by atoms with Gasteiger partial charge >= 0.3 is 0 Å². The van der Waals surface area contributed by atoms with Crippen LogP contribution in [-0.4, -0.2) is 18.4 Å². The quantitative estimate of drug-likeness (QED) is 0.834. The average molecular weight is 350 g/mol. The lowest BCUT2D eigenvalue weighted by molar-refractivity contribution is -0.117. The number of aryl methyl sites for hydroxylation is 1. The van der Waals surface area contributed by atoms with E-state index >= 15 is 0 Å². The summed E-state index contributed by atoms with van der Waals surface area (Å²) in [6.45, 7) is 2.81. The molecule has 2 amide bonds. The Labute approximate surface area is 143 Å². The van der Waals surface area contributed by atoms with Gasteiger partial charge in [0.05, 0.1) is 5.69 Å². The van der Waals surface area contributed by atoms with Crippen molar-refractivity contribution in [3.8, 4) is 0 Å². The molecule has 0 heterocycles. The van der Waals surface area contributed by atoms with Crippen molar-refractivity contribution in [3.05, 3.63) is 59.4 Å². The summed E-state index contributed by atoms with van der Waals surface area (Å²) in [5, 5.41) is 2.69. The molecule has 0 bridgehead atoms. The molecule has 7 heteroatoms. The van der Waals surface area contributed by atoms with Crippen molar-refractivity contribution in [1.29, 1.82) is 0 Å². The Morgan fingerprint density at radius 2 is 1.72 bits per heavy atom. The third-order valence-corrected chi connectivity index (χ3v) is 3.67. The molecule has 4 nitrogen and oxygen atoms in total. The van der Waals surface area contributed by atoms with Gasteiger partial charge in [0.15, 0.2) is 17.5 Å². The number of anilines is 2. The van der Waals surface area contributed by atoms with Gasteiger partial charge in [-0.05, 0) is 30.7 Å². The molecule has 1 N–H and O–H groups in total. The van der Waals surface area contributed by atoms with E-state index in [2.05, 4.69) is 5.32 Å². The first-order valence-electron chi connectivity index (χ1n) is 7.58. The molecule has 132 valence electrons. The molecule has 0 atom stereocenters. The number of hydrogen-bond acceptors (Lipinski definition) is 2. The number of carbonyl (C=O) groups is 2. The highest BCUT2D eigenvalue weighted by atomic mass is 19.2. The largest absolute Gasteiger partial charge is 0.326 e. The number of halogens is 3. The minimum Gasteiger partial charge on any atom is -0.326 e. The van der Waals surface area contributed by atoms with Gasteiger partial charge in [-0.2, -0.15) is 0 Å². The lowest BCUT2D eigenvalue weighted by Crippen LogP contribution is -2.33. The van der Waals surface area contributed by atoms with Crippen molar-refractivity contribution in [2.75, 3.05) is 16.8 Å². The molecule has 2 aromatic rings. The second-order valence-corrected chi connectivity index (χ2v) is 5.48. The van der Waals surface area contributed by atoms with Crippen LogP contribution in [0.3, 0.4) is 0 Å². The van der Waals surface area contributed by atoms with Gasteiger partial charge in [0.1, 0.15) is 0 Å². The SMILES string of the molecule is CC(=O)N(CCC(=O)Nc1ccccc1C)c1ccc(F)c(F)c1F. The van der Waals surface area contributed by atoms with E-state index in [4.69, 9.17) is 0 Å². The van der Waals surface area contributed by atoms with E-state index in [1.54, 1.807) is 12.1 Å². The molecule has 0 aliphatic heterocycles. The van der Waals surface area contributed by atoms with Crippen molar-refractivity contribution in [2.24, 2.45) is 0 Å². The molecule has 0 radical (unpaired) electrons. The Kier molecular flexibility index (Phi) is 5.80. The highest BCUT2D eigenvalue weighted by molar-refractivity contribution is 5.95. The summed E-state index contributed by atoms with van der Waals surface area (Å²) in [7, 11) is 0. The van der Waals surface area contributed by atoms with E-state index in [1.807, 2.05) is 19.1 Å². The number of carbonyl (C=O) groups excluding carboxylic acids is 2. The van der Waals surface area contributed by atoms with Gasteiger partial charge in [-0.3, -0.25) is 9.59 Å². The van der Waals surface area contributed by atoms with Crippen molar-refractivity contribution >= 4 is 23.2 Å². The second-order valence-electron chi connectivity index (χ2n) is 5.48. The van der Waals surface area contributed by atoms with Gasteiger partial charge in [0.2, 0.25) is 11.8 Å². The van der Waals surface area contributed by atoms with E-state index in [9.17, 15) is 22.8 Å². The van der Waals surface area contributed by atoms with Gasteiger partial charge in [-0.25, -0.2) is 13.2 Å². The van der Waals surface area contributed by atoms with Crippen LogP contribution >= 0.6 is 0 Å². The normalized spacial score (nSPS) is 10.4. The molecular weight excluding hydrogens is 333 g/mol. The number of nitrogens with zero attached hydrogens (tertiary/aromatic N) is 1. The van der Waals surface area contributed by atoms with E-state index < -0.39 is 29.0 Å². The van der Waals surface area contributed by atoms with Crippen LogP contribution in [0.1, 0.15) is 18.9 Å². The molecular formula is C18H17F3N2O2. The average Bonchev–Trinajstić information content (AvgIpc) is 2.56. The number of nitrogens with one attached hydrogen (secondary N) is 1.